The van der Waals surface area contributed by atoms with E-state index in [1.54, 1.807) is 32.0 Å². The van der Waals surface area contributed by atoms with Crippen molar-refractivity contribution in [3.8, 4) is 0 Å². The summed E-state index contributed by atoms with van der Waals surface area (Å²) in [6, 6.07) is 5.26. The van der Waals surface area contributed by atoms with Gasteiger partial charge in [-0.25, -0.2) is 0 Å². The number of nitrogens with one attached hydrogen (secondary N) is 1. The van der Waals surface area contributed by atoms with Crippen LogP contribution in [-0.4, -0.2) is 17.4 Å². The first kappa shape index (κ1) is 13.6. The highest BCUT2D eigenvalue weighted by Crippen LogP contribution is 2.15. The van der Waals surface area contributed by atoms with Crippen LogP contribution in [0, 0.1) is 6.92 Å². The van der Waals surface area contributed by atoms with Crippen LogP contribution >= 0.6 is 12.6 Å². The van der Waals surface area contributed by atoms with Crippen molar-refractivity contribution in [3.05, 3.63) is 29.3 Å². The number of rotatable bonds is 3. The molecule has 0 saturated carbocycles. The van der Waals surface area contributed by atoms with Crippen molar-refractivity contribution in [2.75, 3.05) is 0 Å². The number of carbonyl (C=O) groups excluding carboxylic acids is 2. The van der Waals surface area contributed by atoms with Gasteiger partial charge in [-0.2, -0.15) is 0 Å². The van der Waals surface area contributed by atoms with Gasteiger partial charge < -0.3 is 11.1 Å². The van der Waals surface area contributed by atoms with Crippen LogP contribution in [0.2, 0.25) is 0 Å². The van der Waals surface area contributed by atoms with E-state index < -0.39 is 11.4 Å². The van der Waals surface area contributed by atoms with Crippen molar-refractivity contribution in [2.24, 2.45) is 5.73 Å². The molecule has 0 atom stereocenters. The van der Waals surface area contributed by atoms with Crippen molar-refractivity contribution in [2.45, 2.75) is 31.2 Å². The molecule has 0 unspecified atom stereocenters. The molecule has 1 aromatic rings. The van der Waals surface area contributed by atoms with Crippen molar-refractivity contribution in [3.63, 3.8) is 0 Å². The van der Waals surface area contributed by atoms with E-state index in [-0.39, 0.29) is 5.91 Å². The van der Waals surface area contributed by atoms with Gasteiger partial charge in [0.15, 0.2) is 0 Å². The average molecular weight is 252 g/mol. The molecule has 0 bridgehead atoms. The van der Waals surface area contributed by atoms with Gasteiger partial charge in [0.05, 0.1) is 0 Å². The van der Waals surface area contributed by atoms with E-state index in [1.807, 2.05) is 6.92 Å². The summed E-state index contributed by atoms with van der Waals surface area (Å²) in [5, 5.41) is 2.59. The zero-order valence-electron chi connectivity index (χ0n) is 10.1. The third-order valence-corrected chi connectivity index (χ3v) is 2.79. The summed E-state index contributed by atoms with van der Waals surface area (Å²) in [4.78, 5) is 23.8. The molecule has 0 radical (unpaired) electrons. The zero-order chi connectivity index (χ0) is 13.2. The lowest BCUT2D eigenvalue weighted by Crippen LogP contribution is -2.53. The number of hydrogen-bond donors (Lipinski definition) is 3. The largest absolute Gasteiger partial charge is 0.368 e. The Morgan fingerprint density at radius 3 is 2.47 bits per heavy atom. The first-order chi connectivity index (χ1) is 7.74. The average Bonchev–Trinajstić information content (AvgIpc) is 2.20. The van der Waals surface area contributed by atoms with E-state index in [2.05, 4.69) is 17.9 Å². The SMILES string of the molecule is Cc1ccc(S)cc1C(=O)NC(C)(C)C(N)=O. The quantitative estimate of drug-likeness (QED) is 0.709. The number of primary amides is 1. The van der Waals surface area contributed by atoms with Crippen LogP contribution in [-0.2, 0) is 4.79 Å². The van der Waals surface area contributed by atoms with E-state index in [0.717, 1.165) is 5.56 Å². The smallest absolute Gasteiger partial charge is 0.252 e. The molecule has 0 spiro atoms. The van der Waals surface area contributed by atoms with Gasteiger partial charge in [0, 0.05) is 10.5 Å². The number of benzene rings is 1. The molecule has 2 amide bonds. The molecular weight excluding hydrogens is 236 g/mol. The van der Waals surface area contributed by atoms with Crippen LogP contribution in [0.4, 0.5) is 0 Å². The van der Waals surface area contributed by atoms with Crippen LogP contribution in [0.3, 0.4) is 0 Å². The van der Waals surface area contributed by atoms with E-state index in [0.29, 0.717) is 10.5 Å². The number of hydrogen-bond acceptors (Lipinski definition) is 3. The van der Waals surface area contributed by atoms with Gasteiger partial charge in [-0.3, -0.25) is 9.59 Å². The van der Waals surface area contributed by atoms with Crippen molar-refractivity contribution >= 4 is 24.4 Å². The molecule has 0 saturated heterocycles. The van der Waals surface area contributed by atoms with Gasteiger partial charge in [-0.05, 0) is 38.5 Å². The predicted molar refractivity (Wildman–Crippen MR) is 69.2 cm³/mol. The lowest BCUT2D eigenvalue weighted by atomic mass is 10.0. The minimum Gasteiger partial charge on any atom is -0.368 e. The number of nitrogens with two attached hydrogens (primary N) is 1. The normalized spacial score (nSPS) is 11.1. The van der Waals surface area contributed by atoms with Gasteiger partial charge in [0.2, 0.25) is 5.91 Å². The Kier molecular flexibility index (Phi) is 3.83. The van der Waals surface area contributed by atoms with Crippen molar-refractivity contribution in [1.82, 2.24) is 5.32 Å². The highest BCUT2D eigenvalue weighted by atomic mass is 32.1. The summed E-state index contributed by atoms with van der Waals surface area (Å²) in [7, 11) is 0. The minimum atomic E-state index is -1.07. The number of amides is 2. The van der Waals surface area contributed by atoms with Gasteiger partial charge in [0.25, 0.3) is 5.91 Å². The summed E-state index contributed by atoms with van der Waals surface area (Å²) < 4.78 is 0. The van der Waals surface area contributed by atoms with Crippen LogP contribution in [0.1, 0.15) is 29.8 Å². The third kappa shape index (κ3) is 3.23. The molecule has 0 aliphatic heterocycles. The van der Waals surface area contributed by atoms with Gasteiger partial charge in [0.1, 0.15) is 5.54 Å². The Bertz CT molecular complexity index is 470. The van der Waals surface area contributed by atoms with Crippen LogP contribution in [0.5, 0.6) is 0 Å². The van der Waals surface area contributed by atoms with E-state index in [9.17, 15) is 9.59 Å². The lowest BCUT2D eigenvalue weighted by Gasteiger charge is -2.22. The number of aryl methyl sites for hydroxylation is 1. The summed E-state index contributed by atoms with van der Waals surface area (Å²) in [5.74, 6) is -0.910. The van der Waals surface area contributed by atoms with Crippen molar-refractivity contribution in [1.29, 1.82) is 0 Å². The van der Waals surface area contributed by atoms with Gasteiger partial charge in [-0.15, -0.1) is 12.6 Å². The molecule has 3 N–H and O–H groups in total. The maximum atomic E-state index is 12.0. The van der Waals surface area contributed by atoms with E-state index in [4.69, 9.17) is 5.73 Å². The number of thiol groups is 1. The maximum absolute atomic E-state index is 12.0. The highest BCUT2D eigenvalue weighted by molar-refractivity contribution is 7.80. The molecule has 0 heterocycles. The fraction of sp³-hybridized carbons (Fsp3) is 0.333. The molecule has 17 heavy (non-hydrogen) atoms. The van der Waals surface area contributed by atoms with E-state index >= 15 is 0 Å². The standard InChI is InChI=1S/C12H16N2O2S/c1-7-4-5-8(17)6-9(7)10(15)14-12(2,3)11(13)16/h4-6,17H,1-3H3,(H2,13,16)(H,14,15). The second-order valence-electron chi connectivity index (χ2n) is 4.44. The lowest BCUT2D eigenvalue weighted by molar-refractivity contribution is -0.122. The van der Waals surface area contributed by atoms with Gasteiger partial charge in [-0.1, -0.05) is 6.07 Å². The molecule has 0 aromatic heterocycles. The Hall–Kier alpha value is -1.49. The molecule has 92 valence electrons. The van der Waals surface area contributed by atoms with Crippen LogP contribution < -0.4 is 11.1 Å². The molecule has 5 heteroatoms. The zero-order valence-corrected chi connectivity index (χ0v) is 11.0. The topological polar surface area (TPSA) is 72.2 Å². The summed E-state index contributed by atoms with van der Waals surface area (Å²) >= 11 is 4.18. The minimum absolute atomic E-state index is 0.331. The van der Waals surface area contributed by atoms with Gasteiger partial charge >= 0.3 is 0 Å². The fourth-order valence-electron chi connectivity index (χ4n) is 1.27. The molecule has 0 aliphatic rings. The van der Waals surface area contributed by atoms with Crippen molar-refractivity contribution < 1.29 is 9.59 Å². The second kappa shape index (κ2) is 4.79. The second-order valence-corrected chi connectivity index (χ2v) is 4.96. The Labute approximate surface area is 106 Å². The molecular formula is C12H16N2O2S. The Morgan fingerprint density at radius 1 is 1.35 bits per heavy atom. The number of carbonyl (C=O) groups is 2. The fourth-order valence-corrected chi connectivity index (χ4v) is 1.47. The third-order valence-electron chi connectivity index (χ3n) is 2.51. The first-order valence-corrected chi connectivity index (χ1v) is 5.61. The monoisotopic (exact) mass is 252 g/mol. The summed E-state index contributed by atoms with van der Waals surface area (Å²) in [6.07, 6.45) is 0. The molecule has 0 fully saturated rings. The Morgan fingerprint density at radius 2 is 1.94 bits per heavy atom. The molecule has 1 rings (SSSR count). The van der Waals surface area contributed by atoms with E-state index in [1.165, 1.54) is 0 Å². The summed E-state index contributed by atoms with van der Waals surface area (Å²) in [6.45, 7) is 4.94. The first-order valence-electron chi connectivity index (χ1n) is 5.16. The van der Waals surface area contributed by atoms with Crippen LogP contribution in [0.15, 0.2) is 23.1 Å². The highest BCUT2D eigenvalue weighted by Gasteiger charge is 2.27. The molecule has 4 nitrogen and oxygen atoms in total. The van der Waals surface area contributed by atoms with Crippen LogP contribution in [0.25, 0.3) is 0 Å². The summed E-state index contributed by atoms with van der Waals surface area (Å²) in [5.41, 5.74) is 5.43. The Balaban J connectivity index is 2.98. The molecule has 0 aliphatic carbocycles. The maximum Gasteiger partial charge on any atom is 0.252 e. The predicted octanol–water partition coefficient (Wildman–Crippen LogP) is 1.28. The molecule has 1 aromatic carbocycles.